The van der Waals surface area contributed by atoms with Crippen LogP contribution in [0.4, 0.5) is 11.4 Å². The lowest BCUT2D eigenvalue weighted by atomic mass is 9.90. The molecule has 0 bridgehead atoms. The summed E-state index contributed by atoms with van der Waals surface area (Å²) in [5.74, 6) is 2.15. The van der Waals surface area contributed by atoms with Crippen LogP contribution in [0.1, 0.15) is 24.3 Å². The Bertz CT molecular complexity index is 1000. The van der Waals surface area contributed by atoms with Crippen molar-refractivity contribution in [1.82, 2.24) is 4.90 Å². The number of benzene rings is 2. The molecule has 1 N–H and O–H groups in total. The van der Waals surface area contributed by atoms with Crippen LogP contribution in [0.15, 0.2) is 42.5 Å². The number of ether oxygens (including phenoxy) is 2. The summed E-state index contributed by atoms with van der Waals surface area (Å²) in [7, 11) is -1.79. The molecular weight excluding hydrogens is 414 g/mol. The first-order chi connectivity index (χ1) is 14.9. The molecular formula is C23H31N3O4S. The van der Waals surface area contributed by atoms with Crippen LogP contribution < -0.4 is 19.1 Å². The lowest BCUT2D eigenvalue weighted by molar-refractivity contribution is 0.223. The van der Waals surface area contributed by atoms with Crippen LogP contribution in [0.25, 0.3) is 0 Å². The second-order valence-corrected chi connectivity index (χ2v) is 10.00. The smallest absolute Gasteiger partial charge is 0.229 e. The summed E-state index contributed by atoms with van der Waals surface area (Å²) in [5.41, 5.74) is 2.86. The minimum Gasteiger partial charge on any atom is -0.494 e. The molecule has 0 radical (unpaired) electrons. The highest BCUT2D eigenvalue weighted by molar-refractivity contribution is 7.92. The maximum Gasteiger partial charge on any atom is 0.229 e. The third kappa shape index (κ3) is 5.43. The van der Waals surface area contributed by atoms with Gasteiger partial charge in [-0.1, -0.05) is 18.2 Å². The highest BCUT2D eigenvalue weighted by Gasteiger charge is 2.23. The fraction of sp³-hybridized carbons (Fsp3) is 0.478. The zero-order valence-electron chi connectivity index (χ0n) is 18.2. The number of hydrogen-bond acceptors (Lipinski definition) is 6. The van der Waals surface area contributed by atoms with Crippen LogP contribution in [-0.2, 0) is 10.0 Å². The maximum absolute atomic E-state index is 11.5. The van der Waals surface area contributed by atoms with E-state index < -0.39 is 10.0 Å². The summed E-state index contributed by atoms with van der Waals surface area (Å²) in [4.78, 5) is 4.86. The fourth-order valence-corrected chi connectivity index (χ4v) is 5.01. The van der Waals surface area contributed by atoms with E-state index in [2.05, 4.69) is 32.7 Å². The zero-order chi connectivity index (χ0) is 21.8. The van der Waals surface area contributed by atoms with Crippen molar-refractivity contribution in [2.75, 3.05) is 62.3 Å². The van der Waals surface area contributed by atoms with Gasteiger partial charge in [0.05, 0.1) is 25.7 Å². The van der Waals surface area contributed by atoms with Gasteiger partial charge in [0.15, 0.2) is 0 Å². The largest absolute Gasteiger partial charge is 0.494 e. The molecule has 1 fully saturated rings. The van der Waals surface area contributed by atoms with E-state index in [4.69, 9.17) is 9.47 Å². The van der Waals surface area contributed by atoms with Crippen LogP contribution >= 0.6 is 0 Å². The topological polar surface area (TPSA) is 71.1 Å². The maximum atomic E-state index is 11.5. The minimum atomic E-state index is -3.35. The molecule has 168 valence electrons. The van der Waals surface area contributed by atoms with Crippen LogP contribution in [0.2, 0.25) is 0 Å². The summed E-state index contributed by atoms with van der Waals surface area (Å²) >= 11 is 0. The van der Waals surface area contributed by atoms with Crippen molar-refractivity contribution in [3.05, 3.63) is 48.0 Å². The summed E-state index contributed by atoms with van der Waals surface area (Å²) < 4.78 is 36.8. The SMILES string of the molecule is COc1cc(N2CCN(CCC3CCOc4ccccc43)CC2)ccc1NS(C)(=O)=O. The number of nitrogens with one attached hydrogen (secondary N) is 1. The van der Waals surface area contributed by atoms with Gasteiger partial charge >= 0.3 is 0 Å². The van der Waals surface area contributed by atoms with Gasteiger partial charge < -0.3 is 14.4 Å². The van der Waals surface area contributed by atoms with E-state index in [1.165, 1.54) is 5.56 Å². The number of sulfonamides is 1. The van der Waals surface area contributed by atoms with Crippen molar-refractivity contribution in [1.29, 1.82) is 0 Å². The van der Waals surface area contributed by atoms with Crippen LogP contribution in [0.3, 0.4) is 0 Å². The molecule has 0 saturated carbocycles. The van der Waals surface area contributed by atoms with Crippen LogP contribution in [0.5, 0.6) is 11.5 Å². The molecule has 0 spiro atoms. The van der Waals surface area contributed by atoms with Crippen molar-refractivity contribution in [2.24, 2.45) is 0 Å². The lowest BCUT2D eigenvalue weighted by Crippen LogP contribution is -2.46. The quantitative estimate of drug-likeness (QED) is 0.706. The zero-order valence-corrected chi connectivity index (χ0v) is 19.0. The standard InChI is InChI=1S/C23H31N3O4S/c1-29-23-17-19(7-8-21(23)24-31(2,27)28)26-14-12-25(13-15-26)11-9-18-10-16-30-22-6-4-3-5-20(18)22/h3-8,17-18,24H,9-16H2,1-2H3. The highest BCUT2D eigenvalue weighted by Crippen LogP contribution is 2.36. The predicted molar refractivity (Wildman–Crippen MR) is 124 cm³/mol. The predicted octanol–water partition coefficient (Wildman–Crippen LogP) is 3.15. The molecule has 7 nitrogen and oxygen atoms in total. The molecule has 1 unspecified atom stereocenters. The molecule has 1 saturated heterocycles. The second kappa shape index (κ2) is 9.36. The number of para-hydroxylation sites is 1. The van der Waals surface area contributed by atoms with Gasteiger partial charge in [0.1, 0.15) is 11.5 Å². The van der Waals surface area contributed by atoms with Gasteiger partial charge in [-0.3, -0.25) is 9.62 Å². The van der Waals surface area contributed by atoms with E-state index in [0.29, 0.717) is 17.4 Å². The third-order valence-electron chi connectivity index (χ3n) is 6.09. The summed E-state index contributed by atoms with van der Waals surface area (Å²) in [5, 5.41) is 0. The molecule has 2 aromatic carbocycles. The van der Waals surface area contributed by atoms with Gasteiger partial charge in [0, 0.05) is 37.9 Å². The molecule has 2 aromatic rings. The summed E-state index contributed by atoms with van der Waals surface area (Å²) in [6.45, 7) is 5.79. The molecule has 0 aromatic heterocycles. The molecule has 2 aliphatic heterocycles. The van der Waals surface area contributed by atoms with E-state index in [-0.39, 0.29) is 0 Å². The van der Waals surface area contributed by atoms with Gasteiger partial charge in [-0.05, 0) is 49.1 Å². The number of rotatable bonds is 7. The molecule has 1 atom stereocenters. The van der Waals surface area contributed by atoms with Crippen molar-refractivity contribution < 1.29 is 17.9 Å². The molecule has 8 heteroatoms. The Hall–Kier alpha value is -2.45. The van der Waals surface area contributed by atoms with Gasteiger partial charge in [0.25, 0.3) is 0 Å². The molecule has 2 heterocycles. The van der Waals surface area contributed by atoms with Crippen molar-refractivity contribution in [3.63, 3.8) is 0 Å². The van der Waals surface area contributed by atoms with E-state index in [1.54, 1.807) is 13.2 Å². The van der Waals surface area contributed by atoms with Crippen LogP contribution in [0, 0.1) is 0 Å². The molecule has 4 rings (SSSR count). The first kappa shape index (κ1) is 21.8. The first-order valence-corrected chi connectivity index (χ1v) is 12.7. The van der Waals surface area contributed by atoms with Crippen molar-refractivity contribution >= 4 is 21.4 Å². The lowest BCUT2D eigenvalue weighted by Gasteiger charge is -2.37. The average molecular weight is 446 g/mol. The Morgan fingerprint density at radius 1 is 1.13 bits per heavy atom. The Labute approximate surface area is 185 Å². The fourth-order valence-electron chi connectivity index (χ4n) is 4.44. The van der Waals surface area contributed by atoms with Gasteiger partial charge in [-0.15, -0.1) is 0 Å². The number of nitrogens with zero attached hydrogens (tertiary/aromatic N) is 2. The summed E-state index contributed by atoms with van der Waals surface area (Å²) in [6.07, 6.45) is 3.38. The van der Waals surface area contributed by atoms with E-state index in [9.17, 15) is 8.42 Å². The number of fused-ring (bicyclic) bond motifs is 1. The van der Waals surface area contributed by atoms with Crippen LogP contribution in [-0.4, -0.2) is 66.0 Å². The van der Waals surface area contributed by atoms with Crippen molar-refractivity contribution in [3.8, 4) is 11.5 Å². The van der Waals surface area contributed by atoms with Gasteiger partial charge in [-0.2, -0.15) is 0 Å². The Balaban J connectivity index is 1.32. The third-order valence-corrected chi connectivity index (χ3v) is 6.69. The molecule has 0 aliphatic carbocycles. The molecule has 2 aliphatic rings. The number of piperazine rings is 1. The van der Waals surface area contributed by atoms with Crippen molar-refractivity contribution in [2.45, 2.75) is 18.8 Å². The van der Waals surface area contributed by atoms with E-state index in [0.717, 1.165) is 69.9 Å². The number of hydrogen-bond donors (Lipinski definition) is 1. The average Bonchev–Trinajstić information content (AvgIpc) is 2.77. The van der Waals surface area contributed by atoms with E-state index >= 15 is 0 Å². The van der Waals surface area contributed by atoms with Gasteiger partial charge in [-0.25, -0.2) is 8.42 Å². The number of methoxy groups -OCH3 is 1. The monoisotopic (exact) mass is 445 g/mol. The van der Waals surface area contributed by atoms with E-state index in [1.807, 2.05) is 18.2 Å². The highest BCUT2D eigenvalue weighted by atomic mass is 32.2. The second-order valence-electron chi connectivity index (χ2n) is 8.25. The molecule has 0 amide bonds. The molecule has 31 heavy (non-hydrogen) atoms. The number of anilines is 2. The minimum absolute atomic E-state index is 0.462. The summed E-state index contributed by atoms with van der Waals surface area (Å²) in [6, 6.07) is 14.0. The Kier molecular flexibility index (Phi) is 6.57. The normalized spacial score (nSPS) is 19.4. The van der Waals surface area contributed by atoms with Gasteiger partial charge in [0.2, 0.25) is 10.0 Å². The Morgan fingerprint density at radius 3 is 2.65 bits per heavy atom. The first-order valence-electron chi connectivity index (χ1n) is 10.8. The Morgan fingerprint density at radius 2 is 1.90 bits per heavy atom.